The third kappa shape index (κ3) is 5.25. The highest BCUT2D eigenvalue weighted by Gasteiger charge is 1.98. The van der Waals surface area contributed by atoms with E-state index in [0.717, 1.165) is 26.2 Å². The molecule has 2 heteroatoms. The van der Waals surface area contributed by atoms with E-state index in [-0.39, 0.29) is 0 Å². The normalized spacial score (nSPS) is 12.3. The first kappa shape index (κ1) is 13.8. The second-order valence-corrected chi connectivity index (χ2v) is 4.82. The second-order valence-electron chi connectivity index (χ2n) is 4.82. The molecular formula is C17H22N2. The van der Waals surface area contributed by atoms with Gasteiger partial charge in [0.2, 0.25) is 0 Å². The van der Waals surface area contributed by atoms with Crippen LogP contribution >= 0.6 is 0 Å². The molecule has 2 aromatic carbocycles. The van der Waals surface area contributed by atoms with Crippen molar-refractivity contribution >= 4 is 0 Å². The molecule has 0 spiro atoms. The molecule has 1 unspecified atom stereocenters. The van der Waals surface area contributed by atoms with Gasteiger partial charge in [0.05, 0.1) is 13.1 Å². The fraction of sp³-hybridized carbons (Fsp3) is 0.235. The van der Waals surface area contributed by atoms with Gasteiger partial charge in [-0.1, -0.05) is 60.7 Å². The maximum Gasteiger partial charge on any atom is 0.0788 e. The van der Waals surface area contributed by atoms with E-state index in [0.29, 0.717) is 0 Å². The summed E-state index contributed by atoms with van der Waals surface area (Å²) >= 11 is 0. The Morgan fingerprint density at radius 1 is 0.842 bits per heavy atom. The maximum atomic E-state index is 4.15. The van der Waals surface area contributed by atoms with E-state index in [9.17, 15) is 0 Å². The highest BCUT2D eigenvalue weighted by atomic mass is 15.1. The number of hydrogen-bond acceptors (Lipinski definition) is 1. The zero-order valence-corrected chi connectivity index (χ0v) is 11.3. The van der Waals surface area contributed by atoms with Crippen molar-refractivity contribution in [1.29, 1.82) is 0 Å². The molecule has 0 aliphatic rings. The van der Waals surface area contributed by atoms with Gasteiger partial charge in [-0.05, 0) is 5.56 Å². The van der Waals surface area contributed by atoms with Crippen molar-refractivity contribution in [2.75, 3.05) is 13.1 Å². The molecule has 100 valence electrons. The average molecular weight is 254 g/mol. The summed E-state index contributed by atoms with van der Waals surface area (Å²) in [5, 5.41) is 3.46. The lowest BCUT2D eigenvalue weighted by atomic mass is 10.2. The first-order chi connectivity index (χ1) is 9.34. The summed E-state index contributed by atoms with van der Waals surface area (Å²) in [6.07, 6.45) is 0. The van der Waals surface area contributed by atoms with Crippen molar-refractivity contribution in [2.24, 2.45) is 0 Å². The number of hydrogen-bond donors (Lipinski definition) is 2. The molecule has 0 aliphatic heterocycles. The summed E-state index contributed by atoms with van der Waals surface area (Å²) in [6, 6.07) is 21.0. The Kier molecular flexibility index (Phi) is 5.60. The number of nitrogens with one attached hydrogen (secondary N) is 2. The third-order valence-electron chi connectivity index (χ3n) is 3.12. The molecule has 0 amide bonds. The van der Waals surface area contributed by atoms with Gasteiger partial charge in [0.15, 0.2) is 0 Å². The first-order valence-electron chi connectivity index (χ1n) is 6.80. The van der Waals surface area contributed by atoms with Gasteiger partial charge < -0.3 is 10.2 Å². The summed E-state index contributed by atoms with van der Waals surface area (Å²) in [6.45, 7) is 3.93. The Morgan fingerprint density at radius 2 is 1.42 bits per heavy atom. The Balaban J connectivity index is 1.63. The molecule has 0 heterocycles. The van der Waals surface area contributed by atoms with Gasteiger partial charge in [0.1, 0.15) is 0 Å². The van der Waals surface area contributed by atoms with Crippen molar-refractivity contribution in [1.82, 2.24) is 5.32 Å². The summed E-state index contributed by atoms with van der Waals surface area (Å²) in [4.78, 5) is 1.28. The van der Waals surface area contributed by atoms with Crippen LogP contribution in [0.5, 0.6) is 0 Å². The lowest BCUT2D eigenvalue weighted by Gasteiger charge is -2.21. The van der Waals surface area contributed by atoms with E-state index in [1.54, 1.807) is 0 Å². The van der Waals surface area contributed by atoms with Crippen LogP contribution in [-0.4, -0.2) is 13.1 Å². The van der Waals surface area contributed by atoms with Crippen molar-refractivity contribution in [3.05, 3.63) is 78.8 Å². The van der Waals surface area contributed by atoms with Crippen molar-refractivity contribution in [3.63, 3.8) is 0 Å². The van der Waals surface area contributed by atoms with Crippen LogP contribution in [0.2, 0.25) is 0 Å². The zero-order valence-electron chi connectivity index (χ0n) is 11.3. The molecule has 0 fully saturated rings. The molecule has 0 saturated carbocycles. The van der Waals surface area contributed by atoms with Crippen LogP contribution in [-0.2, 0) is 13.1 Å². The van der Waals surface area contributed by atoms with Gasteiger partial charge in [-0.25, -0.2) is 0 Å². The van der Waals surface area contributed by atoms with Gasteiger partial charge in [-0.15, -0.1) is 0 Å². The minimum absolute atomic E-state index is 0.930. The molecule has 1 atom stereocenters. The minimum Gasteiger partial charge on any atom is -0.463 e. The molecule has 2 N–H and O–H groups in total. The van der Waals surface area contributed by atoms with Crippen LogP contribution in [0.3, 0.4) is 0 Å². The van der Waals surface area contributed by atoms with Crippen molar-refractivity contribution in [2.45, 2.75) is 13.1 Å². The van der Waals surface area contributed by atoms with Crippen LogP contribution in [0, 0.1) is 7.05 Å². The summed E-state index contributed by atoms with van der Waals surface area (Å²) in [5.41, 5.74) is 2.67. The lowest BCUT2D eigenvalue weighted by molar-refractivity contribution is -0.866. The van der Waals surface area contributed by atoms with Crippen LogP contribution < -0.4 is 10.2 Å². The number of benzene rings is 2. The van der Waals surface area contributed by atoms with E-state index in [1.807, 2.05) is 12.1 Å². The van der Waals surface area contributed by atoms with Crippen molar-refractivity contribution < 1.29 is 4.90 Å². The molecule has 2 nitrogen and oxygen atoms in total. The van der Waals surface area contributed by atoms with Crippen LogP contribution in [0.1, 0.15) is 11.1 Å². The predicted molar refractivity (Wildman–Crippen MR) is 79.5 cm³/mol. The zero-order chi connectivity index (χ0) is 13.3. The minimum atomic E-state index is 0.930. The lowest BCUT2D eigenvalue weighted by Crippen LogP contribution is -3.06. The van der Waals surface area contributed by atoms with E-state index < -0.39 is 0 Å². The SMILES string of the molecule is [CH2-][NH+](CCNCc1ccccc1)Cc1ccccc1. The monoisotopic (exact) mass is 254 g/mol. The van der Waals surface area contributed by atoms with E-state index in [4.69, 9.17) is 0 Å². The average Bonchev–Trinajstić information content (AvgIpc) is 2.46. The smallest absolute Gasteiger partial charge is 0.0788 e. The first-order valence-corrected chi connectivity index (χ1v) is 6.80. The van der Waals surface area contributed by atoms with Crippen LogP contribution in [0.4, 0.5) is 0 Å². The molecule has 0 bridgehead atoms. The predicted octanol–water partition coefficient (Wildman–Crippen LogP) is 1.65. The molecule has 0 radical (unpaired) electrons. The van der Waals surface area contributed by atoms with Gasteiger partial charge in [0.25, 0.3) is 0 Å². The Labute approximate surface area is 116 Å². The fourth-order valence-electron chi connectivity index (χ4n) is 2.07. The summed E-state index contributed by atoms with van der Waals surface area (Å²) < 4.78 is 0. The van der Waals surface area contributed by atoms with E-state index >= 15 is 0 Å². The van der Waals surface area contributed by atoms with Gasteiger partial charge in [-0.3, -0.25) is 0 Å². The molecule has 2 aromatic rings. The maximum absolute atomic E-state index is 4.15. The molecule has 0 aliphatic carbocycles. The quantitative estimate of drug-likeness (QED) is 0.567. The van der Waals surface area contributed by atoms with Crippen LogP contribution in [0.25, 0.3) is 0 Å². The standard InChI is InChI=1S/C17H22N2/c1-19(15-17-10-6-3-7-11-17)13-12-18-14-16-8-4-2-5-9-16/h2-11,18-19H,1,12-15H2. The summed E-state index contributed by atoms with van der Waals surface area (Å²) in [5.74, 6) is 0. The van der Waals surface area contributed by atoms with E-state index in [1.165, 1.54) is 16.0 Å². The third-order valence-corrected chi connectivity index (χ3v) is 3.12. The number of quaternary nitrogens is 1. The molecule has 19 heavy (non-hydrogen) atoms. The van der Waals surface area contributed by atoms with Gasteiger partial charge >= 0.3 is 0 Å². The highest BCUT2D eigenvalue weighted by molar-refractivity contribution is 5.14. The molecule has 0 aromatic heterocycles. The van der Waals surface area contributed by atoms with Gasteiger partial charge in [-0.2, -0.15) is 7.05 Å². The van der Waals surface area contributed by atoms with Crippen molar-refractivity contribution in [3.8, 4) is 0 Å². The Hall–Kier alpha value is -1.64. The molecular weight excluding hydrogens is 232 g/mol. The number of rotatable bonds is 7. The highest BCUT2D eigenvalue weighted by Crippen LogP contribution is 1.96. The summed E-state index contributed by atoms with van der Waals surface area (Å²) in [7, 11) is 4.15. The Morgan fingerprint density at radius 3 is 2.05 bits per heavy atom. The Bertz CT molecular complexity index is 453. The molecule has 2 rings (SSSR count). The fourth-order valence-corrected chi connectivity index (χ4v) is 2.07. The van der Waals surface area contributed by atoms with Crippen LogP contribution in [0.15, 0.2) is 60.7 Å². The van der Waals surface area contributed by atoms with E-state index in [2.05, 4.69) is 60.9 Å². The topological polar surface area (TPSA) is 16.5 Å². The second kappa shape index (κ2) is 7.72. The molecule has 0 saturated heterocycles. The largest absolute Gasteiger partial charge is 0.463 e. The van der Waals surface area contributed by atoms with Gasteiger partial charge in [0, 0.05) is 18.7 Å².